The zero-order valence-electron chi connectivity index (χ0n) is 32.5. The number of benzene rings is 2. The highest BCUT2D eigenvalue weighted by Gasteiger charge is 2.40. The lowest BCUT2D eigenvalue weighted by atomic mass is 10.0. The standard InChI is InChI=1S/C40H50N8O8/c1-22-32(44-36(42-22)31-10-8-20-48(31)38(50)34(24(3)55-5)46-40(53)56-6)28-17-13-26(14-18-28)25-11-15-27(16-12-25)29-21-41-35(43-29)30-9-7-19-47(30)37(49)33(23(2)54-4)45-39(51)52/h11-18,21,23-24,30-31,33-34,45H,7-10,19-20H2,1-6H3,(H,41,43)(H,42,44)(H,46,53)(H,51,52)/t23-,24-,30+,31+,33+,34+/m1/s1. The summed E-state index contributed by atoms with van der Waals surface area (Å²) in [6, 6.07) is 13.8. The highest BCUT2D eigenvalue weighted by Crippen LogP contribution is 2.35. The largest absolute Gasteiger partial charge is 0.465 e. The molecule has 5 N–H and O–H groups in total. The predicted molar refractivity (Wildman–Crippen MR) is 206 cm³/mol. The summed E-state index contributed by atoms with van der Waals surface area (Å²) in [4.78, 5) is 70.4. The molecule has 16 nitrogen and oxygen atoms in total. The molecule has 2 aromatic carbocycles. The lowest BCUT2D eigenvalue weighted by molar-refractivity contribution is -0.138. The Bertz CT molecular complexity index is 2010. The number of nitrogens with zero attached hydrogens (tertiary/aromatic N) is 4. The quantitative estimate of drug-likeness (QED) is 0.120. The number of rotatable bonds is 13. The molecular formula is C40H50N8O8. The van der Waals surface area contributed by atoms with Crippen molar-refractivity contribution in [1.82, 2.24) is 40.4 Å². The molecule has 298 valence electrons. The highest BCUT2D eigenvalue weighted by atomic mass is 16.5. The molecular weight excluding hydrogens is 720 g/mol. The molecule has 2 aliphatic rings. The number of hydrogen-bond acceptors (Lipinski definition) is 9. The van der Waals surface area contributed by atoms with E-state index in [4.69, 9.17) is 24.2 Å². The Hall–Kier alpha value is -5.74. The lowest BCUT2D eigenvalue weighted by Gasteiger charge is -2.30. The number of likely N-dealkylation sites (tertiary alicyclic amines) is 2. The zero-order valence-corrected chi connectivity index (χ0v) is 32.5. The van der Waals surface area contributed by atoms with Crippen molar-refractivity contribution < 1.29 is 38.5 Å². The average molecular weight is 771 g/mol. The van der Waals surface area contributed by atoms with Gasteiger partial charge in [-0.05, 0) is 63.1 Å². The van der Waals surface area contributed by atoms with Crippen LogP contribution in [0.25, 0.3) is 33.6 Å². The second-order valence-electron chi connectivity index (χ2n) is 14.2. The smallest absolute Gasteiger partial charge is 0.407 e. The number of carboxylic acid groups (broad SMARTS) is 1. The third-order valence-corrected chi connectivity index (χ3v) is 10.8. The fraction of sp³-hybridized carbons (Fsp3) is 0.450. The average Bonchev–Trinajstić information content (AvgIpc) is 4.05. The maximum absolute atomic E-state index is 13.7. The number of carbonyl (C=O) groups is 4. The van der Waals surface area contributed by atoms with E-state index in [9.17, 15) is 24.3 Å². The molecule has 2 aliphatic heterocycles. The molecule has 4 amide bonds. The van der Waals surface area contributed by atoms with Crippen molar-refractivity contribution in [2.75, 3.05) is 34.4 Å². The summed E-state index contributed by atoms with van der Waals surface area (Å²) in [5.74, 6) is 0.746. The molecule has 2 saturated heterocycles. The second-order valence-corrected chi connectivity index (χ2v) is 14.2. The molecule has 4 heterocycles. The molecule has 2 fully saturated rings. The van der Waals surface area contributed by atoms with Crippen LogP contribution >= 0.6 is 0 Å². The number of methoxy groups -OCH3 is 3. The van der Waals surface area contributed by atoms with Crippen LogP contribution in [0.2, 0.25) is 0 Å². The van der Waals surface area contributed by atoms with Gasteiger partial charge in [0, 0.05) is 39.1 Å². The van der Waals surface area contributed by atoms with E-state index in [0.29, 0.717) is 31.2 Å². The van der Waals surface area contributed by atoms with Gasteiger partial charge in [0.15, 0.2) is 0 Å². The van der Waals surface area contributed by atoms with Crippen LogP contribution in [0.3, 0.4) is 0 Å². The Kier molecular flexibility index (Phi) is 12.4. The van der Waals surface area contributed by atoms with Crippen LogP contribution in [0, 0.1) is 6.92 Å². The molecule has 0 bridgehead atoms. The van der Waals surface area contributed by atoms with Gasteiger partial charge in [0.25, 0.3) is 0 Å². The van der Waals surface area contributed by atoms with Crippen molar-refractivity contribution >= 4 is 24.0 Å². The van der Waals surface area contributed by atoms with Gasteiger partial charge in [0.1, 0.15) is 23.7 Å². The summed E-state index contributed by atoms with van der Waals surface area (Å²) < 4.78 is 15.5. The van der Waals surface area contributed by atoms with Crippen LogP contribution in [0.15, 0.2) is 54.7 Å². The van der Waals surface area contributed by atoms with E-state index in [1.807, 2.05) is 49.5 Å². The predicted octanol–water partition coefficient (Wildman–Crippen LogP) is 5.20. The molecule has 0 spiro atoms. The maximum Gasteiger partial charge on any atom is 0.407 e. The molecule has 0 saturated carbocycles. The van der Waals surface area contributed by atoms with Crippen molar-refractivity contribution in [1.29, 1.82) is 0 Å². The molecule has 6 rings (SSSR count). The molecule has 0 aliphatic carbocycles. The first-order valence-electron chi connectivity index (χ1n) is 18.8. The minimum atomic E-state index is -1.28. The Morgan fingerprint density at radius 2 is 1.25 bits per heavy atom. The van der Waals surface area contributed by atoms with Crippen LogP contribution < -0.4 is 10.6 Å². The Morgan fingerprint density at radius 3 is 1.77 bits per heavy atom. The van der Waals surface area contributed by atoms with Crippen LogP contribution in [0.1, 0.15) is 69.0 Å². The number of hydrogen-bond donors (Lipinski definition) is 5. The first-order chi connectivity index (χ1) is 26.9. The van der Waals surface area contributed by atoms with E-state index in [-0.39, 0.29) is 23.9 Å². The Balaban J connectivity index is 1.13. The number of aromatic amines is 2. The van der Waals surface area contributed by atoms with Gasteiger partial charge in [0.05, 0.1) is 48.5 Å². The second kappa shape index (κ2) is 17.4. The first kappa shape index (κ1) is 39.9. The zero-order chi connectivity index (χ0) is 40.1. The topological polar surface area (TPSA) is 204 Å². The normalized spacial score (nSPS) is 19.0. The van der Waals surface area contributed by atoms with Gasteiger partial charge in [-0.1, -0.05) is 48.5 Å². The van der Waals surface area contributed by atoms with E-state index in [2.05, 4.69) is 32.7 Å². The van der Waals surface area contributed by atoms with E-state index in [1.54, 1.807) is 23.6 Å². The van der Waals surface area contributed by atoms with E-state index < -0.39 is 36.5 Å². The monoisotopic (exact) mass is 770 g/mol. The lowest BCUT2D eigenvalue weighted by Crippen LogP contribution is -2.54. The van der Waals surface area contributed by atoms with Gasteiger partial charge < -0.3 is 49.7 Å². The number of imidazole rings is 2. The number of H-pyrrole nitrogens is 2. The molecule has 2 aromatic heterocycles. The molecule has 16 heteroatoms. The van der Waals surface area contributed by atoms with Gasteiger partial charge in [0.2, 0.25) is 11.8 Å². The van der Waals surface area contributed by atoms with E-state index in [0.717, 1.165) is 58.6 Å². The van der Waals surface area contributed by atoms with E-state index in [1.165, 1.54) is 21.3 Å². The summed E-state index contributed by atoms with van der Waals surface area (Å²) in [5, 5.41) is 14.3. The summed E-state index contributed by atoms with van der Waals surface area (Å²) in [5.41, 5.74) is 6.34. The van der Waals surface area contributed by atoms with Crippen molar-refractivity contribution in [3.05, 3.63) is 72.1 Å². The van der Waals surface area contributed by atoms with E-state index >= 15 is 0 Å². The van der Waals surface area contributed by atoms with Crippen molar-refractivity contribution in [2.24, 2.45) is 0 Å². The number of aryl methyl sites for hydroxylation is 1. The first-order valence-corrected chi connectivity index (χ1v) is 18.8. The molecule has 0 radical (unpaired) electrons. The van der Waals surface area contributed by atoms with Crippen LogP contribution in [-0.4, -0.2) is 118 Å². The number of carbonyl (C=O) groups excluding carboxylic acids is 3. The fourth-order valence-corrected chi connectivity index (χ4v) is 7.58. The third-order valence-electron chi connectivity index (χ3n) is 10.8. The summed E-state index contributed by atoms with van der Waals surface area (Å²) in [7, 11) is 4.19. The third kappa shape index (κ3) is 8.40. The van der Waals surface area contributed by atoms with Crippen molar-refractivity contribution in [3.8, 4) is 33.6 Å². The minimum Gasteiger partial charge on any atom is -0.465 e. The summed E-state index contributed by atoms with van der Waals surface area (Å²) in [6.45, 7) is 6.36. The molecule has 4 aromatic rings. The van der Waals surface area contributed by atoms with Gasteiger partial charge in [-0.3, -0.25) is 9.59 Å². The fourth-order valence-electron chi connectivity index (χ4n) is 7.58. The Morgan fingerprint density at radius 1 is 0.750 bits per heavy atom. The van der Waals surface area contributed by atoms with Gasteiger partial charge >= 0.3 is 12.2 Å². The Labute approximate surface area is 325 Å². The maximum atomic E-state index is 13.7. The molecule has 56 heavy (non-hydrogen) atoms. The van der Waals surface area contributed by atoms with Crippen LogP contribution in [0.4, 0.5) is 9.59 Å². The number of nitrogens with one attached hydrogen (secondary N) is 4. The number of amides is 4. The van der Waals surface area contributed by atoms with Gasteiger partial charge in [-0.15, -0.1) is 0 Å². The number of ether oxygens (including phenoxy) is 3. The highest BCUT2D eigenvalue weighted by molar-refractivity contribution is 5.87. The number of alkyl carbamates (subject to hydrolysis) is 1. The summed E-state index contributed by atoms with van der Waals surface area (Å²) >= 11 is 0. The molecule has 0 unspecified atom stereocenters. The van der Waals surface area contributed by atoms with Crippen LogP contribution in [-0.2, 0) is 23.8 Å². The van der Waals surface area contributed by atoms with Gasteiger partial charge in [-0.25, -0.2) is 19.6 Å². The van der Waals surface area contributed by atoms with Crippen molar-refractivity contribution in [3.63, 3.8) is 0 Å². The minimum absolute atomic E-state index is 0.253. The summed E-state index contributed by atoms with van der Waals surface area (Å²) in [6.07, 6.45) is 1.65. The number of aromatic nitrogens is 4. The van der Waals surface area contributed by atoms with Gasteiger partial charge in [-0.2, -0.15) is 0 Å². The molecule has 6 atom stereocenters. The van der Waals surface area contributed by atoms with Crippen molar-refractivity contribution in [2.45, 2.75) is 82.8 Å². The van der Waals surface area contributed by atoms with Crippen LogP contribution in [0.5, 0.6) is 0 Å². The SMILES string of the molecule is COC(=O)N[C@H](C(=O)N1CCC[C@H]1c1nc(C)c(-c2ccc(-c3ccc(-c4c[nH]c([C@@H]5CCCN5C(=O)[C@@H](NC(=O)O)[C@@H](C)OC)n4)cc3)cc2)[nH]1)[C@@H](C)OC.